The molecule has 7 nitrogen and oxygen atoms in total. The molecule has 7 heteroatoms. The molecule has 0 unspecified atom stereocenters. The van der Waals surface area contributed by atoms with Gasteiger partial charge in [0.15, 0.2) is 5.82 Å². The fourth-order valence-corrected chi connectivity index (χ4v) is 2.74. The van der Waals surface area contributed by atoms with E-state index in [0.717, 1.165) is 12.1 Å². The molecule has 0 aliphatic carbocycles. The van der Waals surface area contributed by atoms with Crippen LogP contribution in [0.5, 0.6) is 0 Å². The van der Waals surface area contributed by atoms with Gasteiger partial charge in [-0.1, -0.05) is 32.0 Å². The summed E-state index contributed by atoms with van der Waals surface area (Å²) in [6.45, 7) is 4.50. The van der Waals surface area contributed by atoms with Crippen molar-refractivity contribution in [1.82, 2.24) is 30.1 Å². The average Bonchev–Trinajstić information content (AvgIpc) is 3.29. The number of hydrogen-bond donors (Lipinski definition) is 1. The maximum atomic E-state index is 12.7. The van der Waals surface area contributed by atoms with Gasteiger partial charge < -0.3 is 9.88 Å². The highest BCUT2D eigenvalue weighted by atomic mass is 16.2. The van der Waals surface area contributed by atoms with Crippen molar-refractivity contribution in [2.75, 3.05) is 0 Å². The van der Waals surface area contributed by atoms with Gasteiger partial charge in [0.1, 0.15) is 6.04 Å². The summed E-state index contributed by atoms with van der Waals surface area (Å²) < 4.78 is 3.57. The first-order chi connectivity index (χ1) is 12.1. The molecule has 1 N–H and O–H groups in total. The van der Waals surface area contributed by atoms with Gasteiger partial charge in [-0.05, 0) is 47.0 Å². The molecule has 0 radical (unpaired) electrons. The minimum Gasteiger partial charge on any atom is -0.347 e. The zero-order valence-electron chi connectivity index (χ0n) is 14.4. The molecule has 0 fully saturated rings. The Balaban J connectivity index is 1.71. The first-order valence-corrected chi connectivity index (χ1v) is 8.38. The van der Waals surface area contributed by atoms with Crippen LogP contribution in [0, 0.1) is 5.92 Å². The summed E-state index contributed by atoms with van der Waals surface area (Å²) >= 11 is 0. The number of carbonyl (C=O) groups is 1. The molecule has 1 aromatic carbocycles. The SMILES string of the molecule is CC(C)C[C@@H](C(=O)NCc1nnnn1-c1ccccc1)n1cccc1. The number of benzene rings is 1. The standard InChI is InChI=1S/C18H22N6O/c1-14(2)12-16(23-10-6-7-11-23)18(25)19-13-17-20-21-22-24(17)15-8-4-3-5-9-15/h3-11,14,16H,12-13H2,1-2H3,(H,19,25)/t16-/m0/s1. The Bertz CT molecular complexity index is 794. The molecule has 3 rings (SSSR count). The van der Waals surface area contributed by atoms with Crippen LogP contribution in [0.2, 0.25) is 0 Å². The third-order valence-corrected chi connectivity index (χ3v) is 3.94. The summed E-state index contributed by atoms with van der Waals surface area (Å²) in [6, 6.07) is 13.2. The van der Waals surface area contributed by atoms with Crippen LogP contribution in [0.25, 0.3) is 5.69 Å². The van der Waals surface area contributed by atoms with Crippen molar-refractivity contribution in [3.05, 3.63) is 60.7 Å². The Morgan fingerprint density at radius 1 is 1.12 bits per heavy atom. The molecule has 0 saturated heterocycles. The van der Waals surface area contributed by atoms with E-state index in [-0.39, 0.29) is 18.5 Å². The van der Waals surface area contributed by atoms with Crippen LogP contribution < -0.4 is 5.32 Å². The Labute approximate surface area is 146 Å². The van der Waals surface area contributed by atoms with Gasteiger partial charge in [-0.25, -0.2) is 0 Å². The highest BCUT2D eigenvalue weighted by Crippen LogP contribution is 2.18. The molecule has 0 aliphatic rings. The highest BCUT2D eigenvalue weighted by molar-refractivity contribution is 5.80. The van der Waals surface area contributed by atoms with Crippen LogP contribution in [0.15, 0.2) is 54.9 Å². The smallest absolute Gasteiger partial charge is 0.243 e. The zero-order valence-corrected chi connectivity index (χ0v) is 14.4. The molecule has 0 spiro atoms. The maximum absolute atomic E-state index is 12.7. The van der Waals surface area contributed by atoms with E-state index in [1.165, 1.54) is 0 Å². The number of hydrogen-bond acceptors (Lipinski definition) is 4. The molecule has 0 aliphatic heterocycles. The molecule has 0 saturated carbocycles. The second-order valence-corrected chi connectivity index (χ2v) is 6.34. The van der Waals surface area contributed by atoms with E-state index in [0.29, 0.717) is 11.7 Å². The summed E-state index contributed by atoms with van der Waals surface area (Å²) in [6.07, 6.45) is 4.60. The number of aromatic nitrogens is 5. The van der Waals surface area contributed by atoms with E-state index in [1.807, 2.05) is 59.4 Å². The second kappa shape index (κ2) is 7.74. The first kappa shape index (κ1) is 16.9. The molecule has 2 heterocycles. The van der Waals surface area contributed by atoms with E-state index in [2.05, 4.69) is 34.7 Å². The fraction of sp³-hybridized carbons (Fsp3) is 0.333. The minimum atomic E-state index is -0.240. The van der Waals surface area contributed by atoms with Gasteiger partial charge in [-0.3, -0.25) is 4.79 Å². The lowest BCUT2D eigenvalue weighted by Crippen LogP contribution is -2.33. The van der Waals surface area contributed by atoms with E-state index in [1.54, 1.807) is 4.68 Å². The molecular formula is C18H22N6O. The molecule has 25 heavy (non-hydrogen) atoms. The first-order valence-electron chi connectivity index (χ1n) is 8.38. The van der Waals surface area contributed by atoms with Crippen LogP contribution in [-0.2, 0) is 11.3 Å². The van der Waals surface area contributed by atoms with Gasteiger partial charge in [0.05, 0.1) is 12.2 Å². The molecular weight excluding hydrogens is 316 g/mol. The number of nitrogens with zero attached hydrogens (tertiary/aromatic N) is 5. The lowest BCUT2D eigenvalue weighted by molar-refractivity contribution is -0.125. The summed E-state index contributed by atoms with van der Waals surface area (Å²) in [5, 5.41) is 14.7. The topological polar surface area (TPSA) is 77.6 Å². The maximum Gasteiger partial charge on any atom is 0.243 e. The largest absolute Gasteiger partial charge is 0.347 e. The Morgan fingerprint density at radius 2 is 1.84 bits per heavy atom. The van der Waals surface area contributed by atoms with Crippen molar-refractivity contribution in [2.24, 2.45) is 5.92 Å². The van der Waals surface area contributed by atoms with Crippen molar-refractivity contribution in [2.45, 2.75) is 32.9 Å². The van der Waals surface area contributed by atoms with Gasteiger partial charge in [0.2, 0.25) is 5.91 Å². The zero-order chi connectivity index (χ0) is 17.6. The Kier molecular flexibility index (Phi) is 5.23. The molecule has 130 valence electrons. The Morgan fingerprint density at radius 3 is 2.52 bits per heavy atom. The van der Waals surface area contributed by atoms with Crippen molar-refractivity contribution >= 4 is 5.91 Å². The normalized spacial score (nSPS) is 12.3. The minimum absolute atomic E-state index is 0.0347. The number of nitrogens with one attached hydrogen (secondary N) is 1. The van der Waals surface area contributed by atoms with Gasteiger partial charge in [-0.15, -0.1) is 5.10 Å². The van der Waals surface area contributed by atoms with Gasteiger partial charge in [0.25, 0.3) is 0 Å². The van der Waals surface area contributed by atoms with Crippen LogP contribution in [0.1, 0.15) is 32.1 Å². The molecule has 1 atom stereocenters. The second-order valence-electron chi connectivity index (χ2n) is 6.34. The van der Waals surface area contributed by atoms with Crippen molar-refractivity contribution in [3.8, 4) is 5.69 Å². The summed E-state index contributed by atoms with van der Waals surface area (Å²) in [5.41, 5.74) is 0.862. The van der Waals surface area contributed by atoms with Crippen LogP contribution in [0.3, 0.4) is 0 Å². The molecule has 2 aromatic heterocycles. The third kappa shape index (κ3) is 4.12. The number of carbonyl (C=O) groups excluding carboxylic acids is 1. The number of para-hydroxylation sites is 1. The fourth-order valence-electron chi connectivity index (χ4n) is 2.74. The number of rotatable bonds is 7. The molecule has 3 aromatic rings. The van der Waals surface area contributed by atoms with Gasteiger partial charge >= 0.3 is 0 Å². The van der Waals surface area contributed by atoms with Gasteiger partial charge in [-0.2, -0.15) is 4.68 Å². The van der Waals surface area contributed by atoms with Crippen LogP contribution >= 0.6 is 0 Å². The van der Waals surface area contributed by atoms with Crippen LogP contribution in [-0.4, -0.2) is 30.7 Å². The summed E-state index contributed by atoms with van der Waals surface area (Å²) in [5.74, 6) is 0.968. The van der Waals surface area contributed by atoms with Crippen molar-refractivity contribution in [1.29, 1.82) is 0 Å². The quantitative estimate of drug-likeness (QED) is 0.717. The average molecular weight is 338 g/mol. The van der Waals surface area contributed by atoms with Gasteiger partial charge in [0, 0.05) is 12.4 Å². The highest BCUT2D eigenvalue weighted by Gasteiger charge is 2.21. The number of amides is 1. The predicted octanol–water partition coefficient (Wildman–Crippen LogP) is 2.37. The van der Waals surface area contributed by atoms with Crippen LogP contribution in [0.4, 0.5) is 0 Å². The van der Waals surface area contributed by atoms with E-state index < -0.39 is 0 Å². The lowest BCUT2D eigenvalue weighted by Gasteiger charge is -2.20. The summed E-state index contributed by atoms with van der Waals surface area (Å²) in [7, 11) is 0. The predicted molar refractivity (Wildman–Crippen MR) is 93.9 cm³/mol. The molecule has 1 amide bonds. The van der Waals surface area contributed by atoms with E-state index in [4.69, 9.17) is 0 Å². The van der Waals surface area contributed by atoms with E-state index in [9.17, 15) is 4.79 Å². The Hall–Kier alpha value is -2.96. The van der Waals surface area contributed by atoms with E-state index >= 15 is 0 Å². The lowest BCUT2D eigenvalue weighted by atomic mass is 10.0. The van der Waals surface area contributed by atoms with Crippen molar-refractivity contribution in [3.63, 3.8) is 0 Å². The monoisotopic (exact) mass is 338 g/mol. The molecule has 0 bridgehead atoms. The third-order valence-electron chi connectivity index (χ3n) is 3.94. The number of tetrazole rings is 1. The van der Waals surface area contributed by atoms with Crippen molar-refractivity contribution < 1.29 is 4.79 Å². The summed E-state index contributed by atoms with van der Waals surface area (Å²) in [4.78, 5) is 12.7.